The van der Waals surface area contributed by atoms with Gasteiger partial charge >= 0.3 is 0 Å². The molecule has 4 rings (SSSR count). The fourth-order valence-electron chi connectivity index (χ4n) is 5.22. The molecule has 6 nitrogen and oxygen atoms in total. The van der Waals surface area contributed by atoms with Crippen LogP contribution in [0.2, 0.25) is 0 Å². The van der Waals surface area contributed by atoms with Crippen molar-refractivity contribution in [1.29, 1.82) is 0 Å². The predicted molar refractivity (Wildman–Crippen MR) is 162 cm³/mol. The normalized spacial score (nSPS) is 15.2. The third kappa shape index (κ3) is 7.25. The summed E-state index contributed by atoms with van der Waals surface area (Å²) in [6.45, 7) is 6.66. The number of amidine groups is 1. The van der Waals surface area contributed by atoms with Crippen LogP contribution in [0, 0.1) is 5.92 Å². The summed E-state index contributed by atoms with van der Waals surface area (Å²) in [5.41, 5.74) is 12.1. The summed E-state index contributed by atoms with van der Waals surface area (Å²) in [7, 11) is 2.09. The molecule has 1 heterocycles. The topological polar surface area (TPSA) is 79.0 Å². The van der Waals surface area contributed by atoms with Gasteiger partial charge in [-0.2, -0.15) is 0 Å². The number of hydrogen-bond donors (Lipinski definition) is 1. The van der Waals surface area contributed by atoms with Crippen LogP contribution in [0.5, 0.6) is 0 Å². The highest BCUT2D eigenvalue weighted by atomic mass is 16.2. The van der Waals surface area contributed by atoms with E-state index in [0.29, 0.717) is 23.4 Å². The summed E-state index contributed by atoms with van der Waals surface area (Å²) in [5.74, 6) is 1.34. The molecular formula is C33H42N4O2. The number of amides is 1. The summed E-state index contributed by atoms with van der Waals surface area (Å²) >= 11 is 0. The Kier molecular flexibility index (Phi) is 9.74. The van der Waals surface area contributed by atoms with Crippen molar-refractivity contribution >= 4 is 35.9 Å². The molecule has 2 aromatic carbocycles. The van der Waals surface area contributed by atoms with E-state index >= 15 is 0 Å². The van der Waals surface area contributed by atoms with E-state index in [0.717, 1.165) is 72.6 Å². The van der Waals surface area contributed by atoms with Crippen LogP contribution in [-0.4, -0.2) is 54.5 Å². The number of hydrogen-bond acceptors (Lipinski definition) is 5. The van der Waals surface area contributed by atoms with E-state index in [1.54, 1.807) is 0 Å². The Bertz CT molecular complexity index is 1270. The van der Waals surface area contributed by atoms with Crippen LogP contribution in [0.15, 0.2) is 53.2 Å². The highest BCUT2D eigenvalue weighted by Crippen LogP contribution is 2.33. The average molecular weight is 527 g/mol. The third-order valence-electron chi connectivity index (χ3n) is 7.72. The molecule has 1 aliphatic heterocycles. The maximum absolute atomic E-state index is 13.3. The largest absolute Gasteiger partial charge is 0.387 e. The third-order valence-corrected chi connectivity index (χ3v) is 7.72. The van der Waals surface area contributed by atoms with Gasteiger partial charge in [-0.25, -0.2) is 4.99 Å². The number of fused-ring (bicyclic) bond motifs is 1. The number of nitrogens with two attached hydrogens (primary N) is 1. The van der Waals surface area contributed by atoms with Crippen LogP contribution in [0.3, 0.4) is 0 Å². The van der Waals surface area contributed by atoms with Gasteiger partial charge in [0, 0.05) is 49.8 Å². The number of carbonyl (C=O) groups excluding carboxylic acids is 2. The van der Waals surface area contributed by atoms with Crippen molar-refractivity contribution in [3.63, 3.8) is 0 Å². The summed E-state index contributed by atoms with van der Waals surface area (Å²) in [6.07, 6.45) is 14.4. The molecule has 0 atom stereocenters. The van der Waals surface area contributed by atoms with Gasteiger partial charge in [0.25, 0.3) is 0 Å². The Morgan fingerprint density at radius 3 is 2.41 bits per heavy atom. The van der Waals surface area contributed by atoms with Crippen LogP contribution in [0.1, 0.15) is 80.3 Å². The molecule has 0 aromatic heterocycles. The van der Waals surface area contributed by atoms with E-state index in [-0.39, 0.29) is 5.91 Å². The van der Waals surface area contributed by atoms with Crippen molar-refractivity contribution in [3.05, 3.63) is 64.9 Å². The summed E-state index contributed by atoms with van der Waals surface area (Å²) in [4.78, 5) is 33.8. The number of aliphatic imine (C=N–C) groups is 1. The van der Waals surface area contributed by atoms with Gasteiger partial charge < -0.3 is 15.5 Å². The minimum Gasteiger partial charge on any atom is -0.387 e. The van der Waals surface area contributed by atoms with E-state index in [9.17, 15) is 9.59 Å². The Balaban J connectivity index is 1.58. The summed E-state index contributed by atoms with van der Waals surface area (Å²) < 4.78 is 0. The van der Waals surface area contributed by atoms with Crippen LogP contribution in [0.25, 0.3) is 23.3 Å². The zero-order chi connectivity index (χ0) is 27.8. The van der Waals surface area contributed by atoms with Gasteiger partial charge in [0.1, 0.15) is 5.84 Å². The van der Waals surface area contributed by atoms with Crippen LogP contribution < -0.4 is 5.73 Å². The molecule has 0 radical (unpaired) electrons. The maximum atomic E-state index is 13.3. The Labute approximate surface area is 233 Å². The Morgan fingerprint density at radius 2 is 1.74 bits per heavy atom. The SMILES string of the molecule is CCCN(CCC)C(=O)C1=Cc2ccc(-c3ccc(C=O)c(/C=C\N(C)CCC4CCC4)c3)cc2N=C(N)C1. The lowest BCUT2D eigenvalue weighted by molar-refractivity contribution is -0.127. The lowest BCUT2D eigenvalue weighted by Crippen LogP contribution is -2.34. The summed E-state index contributed by atoms with van der Waals surface area (Å²) in [5, 5.41) is 0. The second-order valence-electron chi connectivity index (χ2n) is 10.9. The van der Waals surface area contributed by atoms with Crippen molar-refractivity contribution < 1.29 is 9.59 Å². The van der Waals surface area contributed by atoms with Crippen LogP contribution in [-0.2, 0) is 4.79 Å². The highest BCUT2D eigenvalue weighted by Gasteiger charge is 2.21. The molecule has 6 heteroatoms. The second kappa shape index (κ2) is 13.4. The van der Waals surface area contributed by atoms with Gasteiger partial charge in [0.05, 0.1) is 5.69 Å². The molecule has 0 saturated heterocycles. The van der Waals surface area contributed by atoms with Crippen molar-refractivity contribution in [3.8, 4) is 11.1 Å². The standard InChI is InChI=1S/C33H42N4O2/c1-4-15-37(16-5-2)33(39)30-20-28-11-9-26(21-31(28)35-32(34)22-30)25-10-12-29(23-38)27(19-25)14-18-36(3)17-13-24-7-6-8-24/h9-12,14,18-21,23-24H,4-8,13,15-17,22H2,1-3H3,(H2,34,35)/b18-14-. The van der Waals surface area contributed by atoms with E-state index in [4.69, 9.17) is 5.73 Å². The highest BCUT2D eigenvalue weighted by molar-refractivity contribution is 6.05. The van der Waals surface area contributed by atoms with Crippen LogP contribution >= 0.6 is 0 Å². The number of carbonyl (C=O) groups is 2. The first-order valence-electron chi connectivity index (χ1n) is 14.4. The first-order valence-corrected chi connectivity index (χ1v) is 14.4. The molecule has 1 amide bonds. The van der Waals surface area contributed by atoms with Crippen molar-refractivity contribution in [1.82, 2.24) is 9.80 Å². The predicted octanol–water partition coefficient (Wildman–Crippen LogP) is 6.68. The number of rotatable bonds is 12. The number of nitrogens with zero attached hydrogens (tertiary/aromatic N) is 3. The first-order chi connectivity index (χ1) is 18.9. The lowest BCUT2D eigenvalue weighted by atomic mass is 9.83. The second-order valence-corrected chi connectivity index (χ2v) is 10.9. The molecule has 0 bridgehead atoms. The van der Waals surface area contributed by atoms with Crippen molar-refractivity contribution in [2.75, 3.05) is 26.7 Å². The molecule has 2 aromatic rings. The molecule has 2 N–H and O–H groups in total. The smallest absolute Gasteiger partial charge is 0.250 e. The zero-order valence-corrected chi connectivity index (χ0v) is 23.7. The number of benzene rings is 2. The first kappa shape index (κ1) is 28.3. The van der Waals surface area contributed by atoms with Gasteiger partial charge in [-0.05, 0) is 72.4 Å². The number of aldehydes is 1. The van der Waals surface area contributed by atoms with Gasteiger partial charge in [-0.15, -0.1) is 0 Å². The minimum atomic E-state index is 0.0345. The average Bonchev–Trinajstić information content (AvgIpc) is 3.07. The molecule has 0 spiro atoms. The van der Waals surface area contributed by atoms with Crippen molar-refractivity contribution in [2.24, 2.45) is 16.6 Å². The molecule has 1 fully saturated rings. The zero-order valence-electron chi connectivity index (χ0n) is 23.7. The molecular weight excluding hydrogens is 484 g/mol. The molecule has 206 valence electrons. The van der Waals surface area contributed by atoms with E-state index < -0.39 is 0 Å². The van der Waals surface area contributed by atoms with Crippen molar-refractivity contribution in [2.45, 2.75) is 58.8 Å². The van der Waals surface area contributed by atoms with Gasteiger partial charge in [-0.1, -0.05) is 57.4 Å². The fraction of sp³-hybridized carbons (Fsp3) is 0.424. The lowest BCUT2D eigenvalue weighted by Gasteiger charge is -2.27. The van der Waals surface area contributed by atoms with Gasteiger partial charge in [0.15, 0.2) is 6.29 Å². The quantitative estimate of drug-likeness (QED) is 0.313. The molecule has 2 aliphatic rings. The van der Waals surface area contributed by atoms with E-state index in [1.165, 1.54) is 25.7 Å². The Hall–Kier alpha value is -3.67. The molecule has 1 aliphatic carbocycles. The monoisotopic (exact) mass is 526 g/mol. The molecule has 39 heavy (non-hydrogen) atoms. The maximum Gasteiger partial charge on any atom is 0.250 e. The molecule has 1 saturated carbocycles. The minimum absolute atomic E-state index is 0.0345. The fourth-order valence-corrected chi connectivity index (χ4v) is 5.22. The van der Waals surface area contributed by atoms with E-state index in [1.807, 2.05) is 53.5 Å². The Morgan fingerprint density at radius 1 is 1.03 bits per heavy atom. The van der Waals surface area contributed by atoms with Crippen LogP contribution in [0.4, 0.5) is 5.69 Å². The van der Waals surface area contributed by atoms with Gasteiger partial charge in [-0.3, -0.25) is 9.59 Å². The van der Waals surface area contributed by atoms with E-state index in [2.05, 4.69) is 37.0 Å². The molecule has 0 unspecified atom stereocenters. The summed E-state index contributed by atoms with van der Waals surface area (Å²) in [6, 6.07) is 11.9. The van der Waals surface area contributed by atoms with Gasteiger partial charge in [0.2, 0.25) is 5.91 Å².